The molecule has 1 heterocycles. The van der Waals surface area contributed by atoms with Crippen LogP contribution in [0.15, 0.2) is 22.7 Å². The molecule has 1 aromatic carbocycles. The fourth-order valence-electron chi connectivity index (χ4n) is 2.87. The summed E-state index contributed by atoms with van der Waals surface area (Å²) in [5.74, 6) is 1.58. The van der Waals surface area contributed by atoms with Crippen LogP contribution in [0.1, 0.15) is 18.0 Å². The number of hydrogen-bond acceptors (Lipinski definition) is 3. The van der Waals surface area contributed by atoms with Crippen molar-refractivity contribution in [2.45, 2.75) is 12.5 Å². The number of hydrogen-bond donors (Lipinski definition) is 1. The van der Waals surface area contributed by atoms with Gasteiger partial charge >= 0.3 is 0 Å². The van der Waals surface area contributed by atoms with E-state index in [1.165, 1.54) is 16.5 Å². The average molecular weight is 313 g/mol. The van der Waals surface area contributed by atoms with Crippen LogP contribution in [0, 0.1) is 5.92 Å². The number of likely N-dealkylation sites (tertiary alicyclic amines) is 1. The molecule has 0 aliphatic carbocycles. The fraction of sp³-hybridized carbons (Fsp3) is 0.571. The van der Waals surface area contributed by atoms with Crippen molar-refractivity contribution in [1.29, 1.82) is 0 Å². The second kappa shape index (κ2) is 6.04. The van der Waals surface area contributed by atoms with Crippen LogP contribution in [-0.4, -0.2) is 39.2 Å². The first kappa shape index (κ1) is 13.8. The van der Waals surface area contributed by atoms with Gasteiger partial charge in [0.15, 0.2) is 0 Å². The summed E-state index contributed by atoms with van der Waals surface area (Å²) >= 11 is 3.67. The number of halogens is 1. The van der Waals surface area contributed by atoms with Crippen LogP contribution < -0.4 is 10.1 Å². The molecule has 2 rings (SSSR count). The summed E-state index contributed by atoms with van der Waals surface area (Å²) in [4.78, 5) is 2.43. The largest absolute Gasteiger partial charge is 0.497 e. The van der Waals surface area contributed by atoms with Crippen LogP contribution in [-0.2, 0) is 0 Å². The van der Waals surface area contributed by atoms with Crippen LogP contribution in [0.4, 0.5) is 0 Å². The third kappa shape index (κ3) is 2.71. The molecule has 0 radical (unpaired) electrons. The van der Waals surface area contributed by atoms with E-state index in [0.717, 1.165) is 18.8 Å². The molecule has 2 atom stereocenters. The number of methoxy groups -OCH3 is 1. The molecule has 2 unspecified atom stereocenters. The Balaban J connectivity index is 2.32. The van der Waals surface area contributed by atoms with E-state index < -0.39 is 0 Å². The van der Waals surface area contributed by atoms with Gasteiger partial charge in [-0.2, -0.15) is 0 Å². The van der Waals surface area contributed by atoms with Gasteiger partial charge in [-0.15, -0.1) is 0 Å². The van der Waals surface area contributed by atoms with Crippen molar-refractivity contribution in [3.8, 4) is 5.75 Å². The summed E-state index contributed by atoms with van der Waals surface area (Å²) in [5, 5.41) is 3.30. The maximum Gasteiger partial charge on any atom is 0.119 e. The van der Waals surface area contributed by atoms with E-state index in [-0.39, 0.29) is 0 Å². The Kier molecular flexibility index (Phi) is 4.65. The minimum atomic E-state index is 0.460. The summed E-state index contributed by atoms with van der Waals surface area (Å²) in [7, 11) is 5.94. The van der Waals surface area contributed by atoms with Gasteiger partial charge in [0, 0.05) is 10.5 Å². The average Bonchev–Trinajstić information content (AvgIpc) is 2.72. The Morgan fingerprint density at radius 1 is 1.50 bits per heavy atom. The molecule has 0 aromatic heterocycles. The highest BCUT2D eigenvalue weighted by Gasteiger charge is 2.33. The van der Waals surface area contributed by atoms with E-state index in [2.05, 4.69) is 45.3 Å². The first-order valence-electron chi connectivity index (χ1n) is 6.35. The summed E-state index contributed by atoms with van der Waals surface area (Å²) < 4.78 is 6.51. The zero-order valence-corrected chi connectivity index (χ0v) is 12.8. The van der Waals surface area contributed by atoms with E-state index in [0.29, 0.717) is 12.0 Å². The third-order valence-corrected chi connectivity index (χ3v) is 4.48. The van der Waals surface area contributed by atoms with Crippen molar-refractivity contribution in [1.82, 2.24) is 10.2 Å². The highest BCUT2D eigenvalue weighted by molar-refractivity contribution is 9.10. The zero-order valence-electron chi connectivity index (χ0n) is 11.2. The number of rotatable bonds is 4. The van der Waals surface area contributed by atoms with Gasteiger partial charge in [0.25, 0.3) is 0 Å². The van der Waals surface area contributed by atoms with Crippen LogP contribution in [0.5, 0.6) is 5.75 Å². The molecule has 100 valence electrons. The lowest BCUT2D eigenvalue weighted by Crippen LogP contribution is -2.27. The van der Waals surface area contributed by atoms with Crippen molar-refractivity contribution in [2.24, 2.45) is 5.92 Å². The lowest BCUT2D eigenvalue weighted by molar-refractivity contribution is 0.272. The Morgan fingerprint density at radius 3 is 2.94 bits per heavy atom. The fourth-order valence-corrected chi connectivity index (χ4v) is 3.35. The standard InChI is InChI=1S/C14H21BrN2O/c1-16-9-10-6-7-17(2)14(10)12-8-11(18-3)4-5-13(12)15/h4-5,8,10,14,16H,6-7,9H2,1-3H3. The lowest BCUT2D eigenvalue weighted by atomic mass is 9.93. The minimum absolute atomic E-state index is 0.460. The topological polar surface area (TPSA) is 24.5 Å². The minimum Gasteiger partial charge on any atom is -0.497 e. The van der Waals surface area contributed by atoms with Crippen LogP contribution in [0.25, 0.3) is 0 Å². The second-order valence-electron chi connectivity index (χ2n) is 4.92. The maximum atomic E-state index is 5.34. The Labute approximate surface area is 118 Å². The predicted octanol–water partition coefficient (Wildman–Crippen LogP) is 2.67. The molecule has 0 saturated carbocycles. The lowest BCUT2D eigenvalue weighted by Gasteiger charge is -2.26. The molecule has 1 fully saturated rings. The SMILES string of the molecule is CNCC1CCN(C)C1c1cc(OC)ccc1Br. The molecular weight excluding hydrogens is 292 g/mol. The van der Waals surface area contributed by atoms with Gasteiger partial charge in [0.1, 0.15) is 5.75 Å². The van der Waals surface area contributed by atoms with Crippen LogP contribution in [0.2, 0.25) is 0 Å². The van der Waals surface area contributed by atoms with Gasteiger partial charge in [-0.25, -0.2) is 0 Å². The van der Waals surface area contributed by atoms with Gasteiger partial charge in [0.05, 0.1) is 7.11 Å². The molecule has 1 aromatic rings. The molecular formula is C14H21BrN2O. The predicted molar refractivity (Wildman–Crippen MR) is 78.1 cm³/mol. The molecule has 1 N–H and O–H groups in total. The molecule has 4 heteroatoms. The van der Waals surface area contributed by atoms with Crippen molar-refractivity contribution >= 4 is 15.9 Å². The molecule has 1 saturated heterocycles. The Bertz CT molecular complexity index is 409. The molecule has 1 aliphatic heterocycles. The molecule has 1 aliphatic rings. The van der Waals surface area contributed by atoms with Gasteiger partial charge in [-0.05, 0) is 63.3 Å². The van der Waals surface area contributed by atoms with E-state index in [4.69, 9.17) is 4.74 Å². The van der Waals surface area contributed by atoms with Gasteiger partial charge in [-0.3, -0.25) is 4.90 Å². The monoisotopic (exact) mass is 312 g/mol. The summed E-state index contributed by atoms with van der Waals surface area (Å²) in [6.07, 6.45) is 1.24. The van der Waals surface area contributed by atoms with Crippen molar-refractivity contribution in [2.75, 3.05) is 34.3 Å². The zero-order chi connectivity index (χ0) is 13.1. The number of ether oxygens (including phenoxy) is 1. The highest BCUT2D eigenvalue weighted by Crippen LogP contribution is 2.40. The summed E-state index contributed by atoms with van der Waals surface area (Å²) in [6, 6.07) is 6.69. The van der Waals surface area contributed by atoms with Crippen molar-refractivity contribution in [3.05, 3.63) is 28.2 Å². The highest BCUT2D eigenvalue weighted by atomic mass is 79.9. The van der Waals surface area contributed by atoms with E-state index in [9.17, 15) is 0 Å². The van der Waals surface area contributed by atoms with Gasteiger partial charge < -0.3 is 10.1 Å². The summed E-state index contributed by atoms with van der Waals surface area (Å²) in [6.45, 7) is 2.21. The second-order valence-corrected chi connectivity index (χ2v) is 5.77. The van der Waals surface area contributed by atoms with Crippen LogP contribution >= 0.6 is 15.9 Å². The molecule has 0 spiro atoms. The molecule has 3 nitrogen and oxygen atoms in total. The molecule has 0 amide bonds. The number of benzene rings is 1. The number of nitrogens with one attached hydrogen (secondary N) is 1. The molecule has 18 heavy (non-hydrogen) atoms. The van der Waals surface area contributed by atoms with E-state index in [1.807, 2.05) is 13.1 Å². The Hall–Kier alpha value is -0.580. The number of nitrogens with zero attached hydrogens (tertiary/aromatic N) is 1. The first-order chi connectivity index (χ1) is 8.67. The van der Waals surface area contributed by atoms with E-state index in [1.54, 1.807) is 7.11 Å². The maximum absolute atomic E-state index is 5.34. The van der Waals surface area contributed by atoms with Gasteiger partial charge in [0.2, 0.25) is 0 Å². The van der Waals surface area contributed by atoms with Gasteiger partial charge in [-0.1, -0.05) is 15.9 Å². The quantitative estimate of drug-likeness (QED) is 0.925. The van der Waals surface area contributed by atoms with Crippen LogP contribution in [0.3, 0.4) is 0 Å². The van der Waals surface area contributed by atoms with E-state index >= 15 is 0 Å². The normalized spacial score (nSPS) is 24.4. The summed E-state index contributed by atoms with van der Waals surface area (Å²) in [5.41, 5.74) is 1.33. The Morgan fingerprint density at radius 2 is 2.28 bits per heavy atom. The smallest absolute Gasteiger partial charge is 0.119 e. The van der Waals surface area contributed by atoms with Crippen molar-refractivity contribution < 1.29 is 4.74 Å². The van der Waals surface area contributed by atoms with Crippen molar-refractivity contribution in [3.63, 3.8) is 0 Å². The first-order valence-corrected chi connectivity index (χ1v) is 7.15. The third-order valence-electron chi connectivity index (χ3n) is 3.76. The molecule has 0 bridgehead atoms.